The number of nitrogens with zero attached hydrogens (tertiary/aromatic N) is 2. The average molecular weight is 232 g/mol. The lowest BCUT2D eigenvalue weighted by Gasteiger charge is -2.03. The van der Waals surface area contributed by atoms with Crippen LogP contribution >= 0.6 is 11.8 Å². The first-order valence-electron chi connectivity index (χ1n) is 4.83. The molecule has 0 atom stereocenters. The van der Waals surface area contributed by atoms with Gasteiger partial charge in [-0.1, -0.05) is 0 Å². The summed E-state index contributed by atoms with van der Waals surface area (Å²) in [6.07, 6.45) is 5.32. The number of hydrogen-bond acceptors (Lipinski definition) is 5. The zero-order valence-corrected chi connectivity index (χ0v) is 9.45. The second-order valence-corrected chi connectivity index (χ2v) is 4.20. The van der Waals surface area contributed by atoms with Gasteiger partial charge in [-0.2, -0.15) is 0 Å². The molecule has 0 bridgehead atoms. The largest absolute Gasteiger partial charge is 0.324 e. The first-order valence-corrected chi connectivity index (χ1v) is 5.81. The van der Waals surface area contributed by atoms with Crippen molar-refractivity contribution in [2.24, 2.45) is 5.84 Å². The van der Waals surface area contributed by atoms with E-state index in [0.29, 0.717) is 0 Å². The van der Waals surface area contributed by atoms with Gasteiger partial charge in [-0.05, 0) is 24.3 Å². The van der Waals surface area contributed by atoms with Gasteiger partial charge in [0.1, 0.15) is 0 Å². The fourth-order valence-electron chi connectivity index (χ4n) is 1.24. The molecule has 0 aliphatic heterocycles. The third kappa shape index (κ3) is 2.95. The molecule has 2 rings (SSSR count). The van der Waals surface area contributed by atoms with Crippen LogP contribution in [0.5, 0.6) is 0 Å². The Morgan fingerprint density at radius 2 is 2.00 bits per heavy atom. The lowest BCUT2D eigenvalue weighted by atomic mass is 10.3. The maximum absolute atomic E-state index is 5.33. The lowest BCUT2D eigenvalue weighted by molar-refractivity contribution is 1.16. The fourth-order valence-corrected chi connectivity index (χ4v) is 2.03. The number of hydrazine groups is 1. The second kappa shape index (κ2) is 5.48. The topological polar surface area (TPSA) is 63.8 Å². The molecule has 0 aliphatic rings. The van der Waals surface area contributed by atoms with Crippen LogP contribution in [0, 0.1) is 0 Å². The predicted molar refractivity (Wildman–Crippen MR) is 65.8 cm³/mol. The first kappa shape index (κ1) is 10.9. The molecule has 5 heteroatoms. The zero-order chi connectivity index (χ0) is 11.2. The zero-order valence-electron chi connectivity index (χ0n) is 8.63. The normalized spacial score (nSPS) is 10.1. The van der Waals surface area contributed by atoms with Crippen LogP contribution in [-0.4, -0.2) is 9.97 Å². The Labute approximate surface area is 98.3 Å². The van der Waals surface area contributed by atoms with Gasteiger partial charge < -0.3 is 5.43 Å². The molecule has 0 radical (unpaired) electrons. The van der Waals surface area contributed by atoms with Gasteiger partial charge in [0, 0.05) is 29.2 Å². The van der Waals surface area contributed by atoms with Crippen molar-refractivity contribution in [3.8, 4) is 0 Å². The number of pyridine rings is 2. The summed E-state index contributed by atoms with van der Waals surface area (Å²) in [4.78, 5) is 9.43. The van der Waals surface area contributed by atoms with Gasteiger partial charge in [0.25, 0.3) is 0 Å². The molecule has 0 saturated heterocycles. The summed E-state index contributed by atoms with van der Waals surface area (Å²) in [6, 6.07) is 7.74. The Kier molecular flexibility index (Phi) is 3.74. The van der Waals surface area contributed by atoms with Crippen LogP contribution in [-0.2, 0) is 5.75 Å². The number of nitrogen functional groups attached to an aromatic ring is 1. The van der Waals surface area contributed by atoms with Gasteiger partial charge in [0.2, 0.25) is 0 Å². The standard InChI is InChI=1S/C11H12N4S/c12-15-9-1-6-14-10(7-9)8-16-11-2-4-13-5-3-11/h1-7H,8,12H2,(H,14,15). The number of nitrogens with two attached hydrogens (primary N) is 1. The summed E-state index contributed by atoms with van der Waals surface area (Å²) >= 11 is 1.72. The molecular formula is C11H12N4S. The fraction of sp³-hybridized carbons (Fsp3) is 0.0909. The van der Waals surface area contributed by atoms with Gasteiger partial charge in [-0.3, -0.25) is 15.8 Å². The third-order valence-corrected chi connectivity index (χ3v) is 3.07. The molecule has 4 nitrogen and oxygen atoms in total. The van der Waals surface area contributed by atoms with E-state index in [9.17, 15) is 0 Å². The SMILES string of the molecule is NNc1ccnc(CSc2ccncc2)c1. The van der Waals surface area contributed by atoms with Crippen LogP contribution in [0.1, 0.15) is 5.69 Å². The highest BCUT2D eigenvalue weighted by molar-refractivity contribution is 7.98. The molecular weight excluding hydrogens is 220 g/mol. The maximum Gasteiger partial charge on any atom is 0.0527 e. The smallest absolute Gasteiger partial charge is 0.0527 e. The molecule has 0 amide bonds. The van der Waals surface area contributed by atoms with Gasteiger partial charge >= 0.3 is 0 Å². The van der Waals surface area contributed by atoms with Crippen molar-refractivity contribution in [2.45, 2.75) is 10.6 Å². The molecule has 0 aromatic carbocycles. The third-order valence-electron chi connectivity index (χ3n) is 2.02. The molecule has 2 heterocycles. The lowest BCUT2D eigenvalue weighted by Crippen LogP contribution is -2.07. The van der Waals surface area contributed by atoms with Crippen molar-refractivity contribution in [3.05, 3.63) is 48.5 Å². The van der Waals surface area contributed by atoms with E-state index in [4.69, 9.17) is 5.84 Å². The molecule has 16 heavy (non-hydrogen) atoms. The minimum absolute atomic E-state index is 0.819. The summed E-state index contributed by atoms with van der Waals surface area (Å²) in [5.74, 6) is 6.15. The highest BCUT2D eigenvalue weighted by atomic mass is 32.2. The molecule has 2 aromatic heterocycles. The van der Waals surface area contributed by atoms with E-state index in [1.807, 2.05) is 24.3 Å². The molecule has 0 saturated carbocycles. The number of nitrogens with one attached hydrogen (secondary N) is 1. The number of thioether (sulfide) groups is 1. The summed E-state index contributed by atoms with van der Waals surface area (Å²) in [5, 5.41) is 0. The van der Waals surface area contributed by atoms with Crippen LogP contribution in [0.25, 0.3) is 0 Å². The van der Waals surface area contributed by atoms with E-state index < -0.39 is 0 Å². The van der Waals surface area contributed by atoms with E-state index >= 15 is 0 Å². The molecule has 0 fully saturated rings. The maximum atomic E-state index is 5.33. The van der Waals surface area contributed by atoms with Crippen LogP contribution < -0.4 is 11.3 Å². The van der Waals surface area contributed by atoms with E-state index in [0.717, 1.165) is 17.1 Å². The summed E-state index contributed by atoms with van der Waals surface area (Å²) in [5.41, 5.74) is 4.48. The second-order valence-electron chi connectivity index (χ2n) is 3.15. The highest BCUT2D eigenvalue weighted by Crippen LogP contribution is 2.21. The molecule has 0 unspecified atom stereocenters. The van der Waals surface area contributed by atoms with Crippen molar-refractivity contribution in [1.29, 1.82) is 0 Å². The molecule has 0 spiro atoms. The van der Waals surface area contributed by atoms with Crippen molar-refractivity contribution < 1.29 is 0 Å². The average Bonchev–Trinajstić information content (AvgIpc) is 2.38. The van der Waals surface area contributed by atoms with E-state index in [-0.39, 0.29) is 0 Å². The van der Waals surface area contributed by atoms with Crippen LogP contribution in [0.4, 0.5) is 5.69 Å². The number of rotatable bonds is 4. The Hall–Kier alpha value is -1.59. The van der Waals surface area contributed by atoms with Crippen molar-refractivity contribution in [3.63, 3.8) is 0 Å². The summed E-state index contributed by atoms with van der Waals surface area (Å²) in [7, 11) is 0. The van der Waals surface area contributed by atoms with Gasteiger partial charge in [-0.15, -0.1) is 11.8 Å². The van der Waals surface area contributed by atoms with Gasteiger partial charge in [0.05, 0.1) is 11.4 Å². The molecule has 2 aromatic rings. The Bertz CT molecular complexity index is 447. The Morgan fingerprint density at radius 3 is 2.75 bits per heavy atom. The van der Waals surface area contributed by atoms with Crippen molar-refractivity contribution in [2.75, 3.05) is 5.43 Å². The van der Waals surface area contributed by atoms with Gasteiger partial charge in [0.15, 0.2) is 0 Å². The molecule has 0 aliphatic carbocycles. The minimum Gasteiger partial charge on any atom is -0.324 e. The summed E-state index contributed by atoms with van der Waals surface area (Å²) in [6.45, 7) is 0. The van der Waals surface area contributed by atoms with E-state index in [1.165, 1.54) is 4.90 Å². The van der Waals surface area contributed by atoms with Crippen molar-refractivity contribution >= 4 is 17.4 Å². The molecule has 82 valence electrons. The monoisotopic (exact) mass is 232 g/mol. The minimum atomic E-state index is 0.819. The predicted octanol–water partition coefficient (Wildman–Crippen LogP) is 2.05. The van der Waals surface area contributed by atoms with Crippen molar-refractivity contribution in [1.82, 2.24) is 9.97 Å². The number of anilines is 1. The number of aromatic nitrogens is 2. The molecule has 3 N–H and O–H groups in total. The summed E-state index contributed by atoms with van der Waals surface area (Å²) < 4.78 is 0. The Morgan fingerprint density at radius 1 is 1.19 bits per heavy atom. The Balaban J connectivity index is 1.99. The van der Waals surface area contributed by atoms with Gasteiger partial charge in [-0.25, -0.2) is 0 Å². The number of hydrogen-bond donors (Lipinski definition) is 2. The van der Waals surface area contributed by atoms with E-state index in [2.05, 4.69) is 15.4 Å². The van der Waals surface area contributed by atoms with Crippen LogP contribution in [0.3, 0.4) is 0 Å². The quantitative estimate of drug-likeness (QED) is 0.480. The van der Waals surface area contributed by atoms with Crippen LogP contribution in [0.2, 0.25) is 0 Å². The first-order chi connectivity index (χ1) is 7.88. The van der Waals surface area contributed by atoms with Crippen LogP contribution in [0.15, 0.2) is 47.8 Å². The highest BCUT2D eigenvalue weighted by Gasteiger charge is 1.98. The van der Waals surface area contributed by atoms with E-state index in [1.54, 1.807) is 30.4 Å².